The van der Waals surface area contributed by atoms with E-state index in [-0.39, 0.29) is 11.6 Å². The lowest BCUT2D eigenvalue weighted by Crippen LogP contribution is -2.27. The highest BCUT2D eigenvalue weighted by Crippen LogP contribution is 2.33. The molecule has 0 aromatic heterocycles. The molecule has 1 atom stereocenters. The first kappa shape index (κ1) is 10.0. The van der Waals surface area contributed by atoms with Crippen LogP contribution < -0.4 is 10.6 Å². The first-order valence-electron chi connectivity index (χ1n) is 4.66. The van der Waals surface area contributed by atoms with Crippen LogP contribution in [0.2, 0.25) is 0 Å². The van der Waals surface area contributed by atoms with Crippen molar-refractivity contribution in [2.24, 2.45) is 0 Å². The van der Waals surface area contributed by atoms with Gasteiger partial charge >= 0.3 is 0 Å². The second-order valence-corrected chi connectivity index (χ2v) is 3.33. The molecule has 1 heterocycles. The monoisotopic (exact) mass is 212 g/mol. The Hall–Kier alpha value is -1.49. The van der Waals surface area contributed by atoms with Crippen molar-refractivity contribution < 1.29 is 13.6 Å². The minimum atomic E-state index is -0.737. The number of anilines is 1. The highest BCUT2D eigenvalue weighted by Gasteiger charge is 2.32. The van der Waals surface area contributed by atoms with Gasteiger partial charge in [0.25, 0.3) is 0 Å². The van der Waals surface area contributed by atoms with Crippen LogP contribution in [-0.2, 0) is 4.79 Å². The predicted molar refractivity (Wildman–Crippen MR) is 51.4 cm³/mol. The summed E-state index contributed by atoms with van der Waals surface area (Å²) in [6.45, 7) is 2.37. The Morgan fingerprint density at radius 3 is 2.87 bits per heavy atom. The molecule has 0 saturated heterocycles. The lowest BCUT2D eigenvalue weighted by molar-refractivity contribution is -0.117. The highest BCUT2D eigenvalue weighted by atomic mass is 19.1. The average molecular weight is 212 g/mol. The van der Waals surface area contributed by atoms with E-state index in [4.69, 9.17) is 0 Å². The Balaban J connectivity index is 2.48. The minimum absolute atomic E-state index is 0.0763. The van der Waals surface area contributed by atoms with Crippen molar-refractivity contribution in [3.8, 4) is 0 Å². The molecule has 0 radical (unpaired) electrons. The lowest BCUT2D eigenvalue weighted by Gasteiger charge is -2.08. The number of rotatable bonds is 2. The van der Waals surface area contributed by atoms with Gasteiger partial charge in [0, 0.05) is 11.6 Å². The number of fused-ring (bicyclic) bond motifs is 1. The van der Waals surface area contributed by atoms with Crippen molar-refractivity contribution >= 4 is 11.6 Å². The molecule has 15 heavy (non-hydrogen) atoms. The fourth-order valence-corrected chi connectivity index (χ4v) is 1.70. The molecule has 0 aliphatic carbocycles. The summed E-state index contributed by atoms with van der Waals surface area (Å²) in [5.41, 5.74) is 0.409. The van der Waals surface area contributed by atoms with Crippen molar-refractivity contribution in [1.82, 2.24) is 5.32 Å². The van der Waals surface area contributed by atoms with Gasteiger partial charge in [-0.3, -0.25) is 4.79 Å². The van der Waals surface area contributed by atoms with Gasteiger partial charge in [-0.2, -0.15) is 0 Å². The summed E-state index contributed by atoms with van der Waals surface area (Å²) < 4.78 is 26.2. The standard InChI is InChI=1S/C10H10F2N2O/c1-2-13-9-6-3-5(11)4-7(12)8(6)14-10(9)15/h3-4,9,13H,2H2,1H3,(H,14,15). The van der Waals surface area contributed by atoms with E-state index in [1.54, 1.807) is 0 Å². The molecule has 0 fully saturated rings. The molecular formula is C10H10F2N2O. The normalized spacial score (nSPS) is 18.9. The third-order valence-corrected chi connectivity index (χ3v) is 2.32. The van der Waals surface area contributed by atoms with Crippen molar-refractivity contribution in [2.75, 3.05) is 11.9 Å². The second-order valence-electron chi connectivity index (χ2n) is 3.33. The van der Waals surface area contributed by atoms with Crippen molar-refractivity contribution in [3.05, 3.63) is 29.3 Å². The number of nitrogens with one attached hydrogen (secondary N) is 2. The van der Waals surface area contributed by atoms with Crippen LogP contribution in [0.25, 0.3) is 0 Å². The Kier molecular flexibility index (Phi) is 2.40. The maximum absolute atomic E-state index is 13.3. The van der Waals surface area contributed by atoms with Gasteiger partial charge in [0.05, 0.1) is 5.69 Å². The molecule has 3 nitrogen and oxygen atoms in total. The average Bonchev–Trinajstić information content (AvgIpc) is 2.46. The number of amides is 1. The molecular weight excluding hydrogens is 202 g/mol. The third-order valence-electron chi connectivity index (χ3n) is 2.32. The maximum Gasteiger partial charge on any atom is 0.246 e. The molecule has 2 N–H and O–H groups in total. The van der Waals surface area contributed by atoms with Crippen molar-refractivity contribution in [3.63, 3.8) is 0 Å². The smallest absolute Gasteiger partial charge is 0.246 e. The number of likely N-dealkylation sites (N-methyl/N-ethyl adjacent to an activating group) is 1. The highest BCUT2D eigenvalue weighted by molar-refractivity contribution is 6.02. The number of hydrogen-bond donors (Lipinski definition) is 2. The summed E-state index contributed by atoms with van der Waals surface area (Å²) in [6.07, 6.45) is 0. The number of benzene rings is 1. The summed E-state index contributed by atoms with van der Waals surface area (Å²) in [7, 11) is 0. The van der Waals surface area contributed by atoms with Gasteiger partial charge in [0.15, 0.2) is 0 Å². The number of carbonyl (C=O) groups is 1. The molecule has 80 valence electrons. The van der Waals surface area contributed by atoms with E-state index in [0.29, 0.717) is 12.1 Å². The van der Waals surface area contributed by atoms with Crippen LogP contribution in [0.15, 0.2) is 12.1 Å². The zero-order valence-electron chi connectivity index (χ0n) is 8.10. The molecule has 0 spiro atoms. The molecule has 0 saturated carbocycles. The van der Waals surface area contributed by atoms with Gasteiger partial charge in [-0.25, -0.2) is 8.78 Å². The van der Waals surface area contributed by atoms with Crippen molar-refractivity contribution in [2.45, 2.75) is 13.0 Å². The summed E-state index contributed by atoms with van der Waals surface area (Å²) in [6, 6.07) is 1.27. The fraction of sp³-hybridized carbons (Fsp3) is 0.300. The predicted octanol–water partition coefficient (Wildman–Crippen LogP) is 1.57. The SMILES string of the molecule is CCNC1C(=O)Nc2c(F)cc(F)cc21. The molecule has 1 aliphatic heterocycles. The van der Waals surface area contributed by atoms with Gasteiger partial charge < -0.3 is 10.6 Å². The zero-order chi connectivity index (χ0) is 11.0. The van der Waals surface area contributed by atoms with Gasteiger partial charge in [0.2, 0.25) is 5.91 Å². The second kappa shape index (κ2) is 3.58. The largest absolute Gasteiger partial charge is 0.322 e. The van der Waals surface area contributed by atoms with Crippen LogP contribution >= 0.6 is 0 Å². The first-order valence-corrected chi connectivity index (χ1v) is 4.66. The number of halogens is 2. The van der Waals surface area contributed by atoms with Crippen LogP contribution in [0.1, 0.15) is 18.5 Å². The zero-order valence-corrected chi connectivity index (χ0v) is 8.10. The minimum Gasteiger partial charge on any atom is -0.322 e. The molecule has 2 rings (SSSR count). The van der Waals surface area contributed by atoms with E-state index >= 15 is 0 Å². The first-order chi connectivity index (χ1) is 7.13. The molecule has 1 aromatic rings. The number of carbonyl (C=O) groups excluding carboxylic acids is 1. The van der Waals surface area contributed by atoms with Gasteiger partial charge in [-0.1, -0.05) is 6.92 Å². The fourth-order valence-electron chi connectivity index (χ4n) is 1.70. The van der Waals surface area contributed by atoms with Gasteiger partial charge in [-0.15, -0.1) is 0 Å². The van der Waals surface area contributed by atoms with E-state index in [1.165, 1.54) is 6.07 Å². The van der Waals surface area contributed by atoms with Gasteiger partial charge in [0.1, 0.15) is 17.7 Å². The lowest BCUT2D eigenvalue weighted by atomic mass is 10.1. The maximum atomic E-state index is 13.3. The van der Waals surface area contributed by atoms with E-state index in [0.717, 1.165) is 6.07 Å². The van der Waals surface area contributed by atoms with Crippen molar-refractivity contribution in [1.29, 1.82) is 0 Å². The Labute approximate surface area is 85.5 Å². The molecule has 1 amide bonds. The van der Waals surface area contributed by atoms with Crippen LogP contribution in [0, 0.1) is 11.6 Å². The van der Waals surface area contributed by atoms with Gasteiger partial charge in [-0.05, 0) is 12.6 Å². The molecule has 1 aliphatic rings. The molecule has 1 unspecified atom stereocenters. The van der Waals surface area contributed by atoms with Crippen LogP contribution in [0.3, 0.4) is 0 Å². The van der Waals surface area contributed by atoms with Crippen LogP contribution in [-0.4, -0.2) is 12.5 Å². The summed E-state index contributed by atoms with van der Waals surface area (Å²) in [5, 5.41) is 5.24. The quantitative estimate of drug-likeness (QED) is 0.781. The Morgan fingerprint density at radius 2 is 2.20 bits per heavy atom. The Bertz CT molecular complexity index is 420. The number of hydrogen-bond acceptors (Lipinski definition) is 2. The van der Waals surface area contributed by atoms with Crippen LogP contribution in [0.4, 0.5) is 14.5 Å². The van der Waals surface area contributed by atoms with E-state index < -0.39 is 17.7 Å². The summed E-state index contributed by atoms with van der Waals surface area (Å²) in [5.74, 6) is -1.76. The van der Waals surface area contributed by atoms with Crippen LogP contribution in [0.5, 0.6) is 0 Å². The summed E-state index contributed by atoms with van der Waals surface area (Å²) in [4.78, 5) is 11.4. The molecule has 0 bridgehead atoms. The third kappa shape index (κ3) is 1.59. The van der Waals surface area contributed by atoms with E-state index in [1.807, 2.05) is 6.92 Å². The van der Waals surface area contributed by atoms with E-state index in [9.17, 15) is 13.6 Å². The molecule has 1 aromatic carbocycles. The Morgan fingerprint density at radius 1 is 1.47 bits per heavy atom. The summed E-state index contributed by atoms with van der Waals surface area (Å²) >= 11 is 0. The van der Waals surface area contributed by atoms with E-state index in [2.05, 4.69) is 10.6 Å². The topological polar surface area (TPSA) is 41.1 Å². The molecule has 5 heteroatoms.